The largest absolute Gasteiger partial charge is 0.379 e. The molecule has 0 spiro atoms. The van der Waals surface area contributed by atoms with E-state index in [2.05, 4.69) is 17.6 Å². The van der Waals surface area contributed by atoms with E-state index in [-0.39, 0.29) is 17.7 Å². The Morgan fingerprint density at radius 2 is 1.61 bits per heavy atom. The number of hydrogen-bond acceptors (Lipinski definition) is 4. The van der Waals surface area contributed by atoms with E-state index in [9.17, 15) is 4.79 Å². The fourth-order valence-corrected chi connectivity index (χ4v) is 6.10. The predicted octanol–water partition coefficient (Wildman–Crippen LogP) is 3.84. The fraction of sp³-hybridized carbons (Fsp3) is 0.955. The first-order valence-electron chi connectivity index (χ1n) is 11.5. The Morgan fingerprint density at radius 1 is 0.964 bits per heavy atom. The fourth-order valence-electron chi connectivity index (χ4n) is 6.10. The first-order valence-corrected chi connectivity index (χ1v) is 11.5. The molecule has 2 unspecified atom stereocenters. The molecule has 0 saturated heterocycles. The van der Waals surface area contributed by atoms with E-state index < -0.39 is 6.23 Å². The van der Waals surface area contributed by atoms with E-state index >= 15 is 0 Å². The summed E-state index contributed by atoms with van der Waals surface area (Å²) in [4.78, 5) is 12.9. The van der Waals surface area contributed by atoms with Crippen LogP contribution in [0.15, 0.2) is 0 Å². The van der Waals surface area contributed by atoms with Gasteiger partial charge in [-0.3, -0.25) is 0 Å². The highest BCUT2D eigenvalue weighted by atomic mass is 16.6. The second-order valence-corrected chi connectivity index (χ2v) is 9.07. The highest BCUT2D eigenvalue weighted by Gasteiger charge is 2.51. The average Bonchev–Trinajstić information content (AvgIpc) is 2.62. The van der Waals surface area contributed by atoms with E-state index in [1.54, 1.807) is 0 Å². The van der Waals surface area contributed by atoms with Gasteiger partial charge in [-0.1, -0.05) is 13.3 Å². The summed E-state index contributed by atoms with van der Waals surface area (Å²) in [7, 11) is 0. The average molecular weight is 397 g/mol. The Hall–Kier alpha value is -0.850. The number of carbonyl (C=O) groups is 1. The van der Waals surface area contributed by atoms with Crippen LogP contribution in [0.2, 0.25) is 0 Å². The smallest absolute Gasteiger partial charge is 0.317 e. The van der Waals surface area contributed by atoms with Gasteiger partial charge >= 0.3 is 6.03 Å². The predicted molar refractivity (Wildman–Crippen MR) is 109 cm³/mol. The maximum atomic E-state index is 12.9. The Morgan fingerprint density at radius 3 is 2.14 bits per heavy atom. The van der Waals surface area contributed by atoms with E-state index in [0.29, 0.717) is 26.4 Å². The van der Waals surface area contributed by atoms with Crippen molar-refractivity contribution in [2.75, 3.05) is 26.4 Å². The molecule has 4 aliphatic carbocycles. The monoisotopic (exact) mass is 396 g/mol. The summed E-state index contributed by atoms with van der Waals surface area (Å²) in [5.74, 6) is 2.43. The molecule has 2 atom stereocenters. The lowest BCUT2D eigenvalue weighted by atomic mass is 9.53. The lowest BCUT2D eigenvalue weighted by Gasteiger charge is -2.56. The third-order valence-corrected chi connectivity index (χ3v) is 6.71. The van der Waals surface area contributed by atoms with Crippen LogP contribution in [-0.4, -0.2) is 50.3 Å². The van der Waals surface area contributed by atoms with Crippen LogP contribution in [-0.2, 0) is 14.2 Å². The van der Waals surface area contributed by atoms with Crippen LogP contribution < -0.4 is 10.6 Å². The quantitative estimate of drug-likeness (QED) is 0.388. The van der Waals surface area contributed by atoms with Gasteiger partial charge in [-0.25, -0.2) is 4.79 Å². The maximum Gasteiger partial charge on any atom is 0.317 e. The van der Waals surface area contributed by atoms with Crippen LogP contribution >= 0.6 is 0 Å². The number of urea groups is 1. The number of rotatable bonds is 12. The van der Waals surface area contributed by atoms with Crippen molar-refractivity contribution in [3.8, 4) is 0 Å². The number of carbonyl (C=O) groups excluding carboxylic acids is 1. The van der Waals surface area contributed by atoms with Crippen molar-refractivity contribution < 1.29 is 19.0 Å². The minimum absolute atomic E-state index is 0.00563. The number of amides is 2. The van der Waals surface area contributed by atoms with Gasteiger partial charge in [0.25, 0.3) is 0 Å². The molecule has 0 aromatic carbocycles. The van der Waals surface area contributed by atoms with Crippen molar-refractivity contribution >= 4 is 6.03 Å². The van der Waals surface area contributed by atoms with Gasteiger partial charge < -0.3 is 24.8 Å². The summed E-state index contributed by atoms with van der Waals surface area (Å²) in [6.07, 6.45) is 8.78. The van der Waals surface area contributed by atoms with Gasteiger partial charge in [0.05, 0.1) is 13.2 Å². The lowest BCUT2D eigenvalue weighted by molar-refractivity contribution is -0.0931. The molecule has 4 saturated carbocycles. The second-order valence-electron chi connectivity index (χ2n) is 9.07. The molecule has 4 rings (SSSR count). The molecule has 4 aliphatic rings. The SMILES string of the molecule is CCCC(OCCOCC)C(NC(=O)NC12CC3CC(CC(C3)C1)C2)OCC. The third kappa shape index (κ3) is 5.61. The van der Waals surface area contributed by atoms with Crippen LogP contribution in [0.4, 0.5) is 4.79 Å². The van der Waals surface area contributed by atoms with Crippen molar-refractivity contribution in [2.45, 2.75) is 90.0 Å². The van der Waals surface area contributed by atoms with Crippen LogP contribution in [0.1, 0.15) is 72.1 Å². The number of nitrogens with one attached hydrogen (secondary N) is 2. The van der Waals surface area contributed by atoms with Crippen molar-refractivity contribution in [3.63, 3.8) is 0 Å². The third-order valence-electron chi connectivity index (χ3n) is 6.71. The van der Waals surface area contributed by atoms with Gasteiger partial charge in [-0.2, -0.15) is 0 Å². The molecule has 0 aromatic heterocycles. The summed E-state index contributed by atoms with van der Waals surface area (Å²) in [5.41, 5.74) is 0.00563. The summed E-state index contributed by atoms with van der Waals surface area (Å²) in [5, 5.41) is 6.46. The summed E-state index contributed by atoms with van der Waals surface area (Å²) in [6, 6.07) is -0.102. The molecule has 2 amide bonds. The Balaban J connectivity index is 1.55. The molecular weight excluding hydrogens is 356 g/mol. The van der Waals surface area contributed by atoms with Crippen molar-refractivity contribution in [3.05, 3.63) is 0 Å². The molecule has 162 valence electrons. The molecule has 2 N–H and O–H groups in total. The van der Waals surface area contributed by atoms with Gasteiger partial charge in [0.2, 0.25) is 0 Å². The molecule has 28 heavy (non-hydrogen) atoms. The highest BCUT2D eigenvalue weighted by Crippen LogP contribution is 2.55. The standard InChI is InChI=1S/C22H40N2O4/c1-4-7-19(28-9-8-26-5-2)20(27-6-3)23-21(25)24-22-13-16-10-17(14-22)12-18(11-16)15-22/h16-20H,4-15H2,1-3H3,(H2,23,24,25). The Kier molecular flexibility index (Phi) is 8.01. The summed E-state index contributed by atoms with van der Waals surface area (Å²) >= 11 is 0. The minimum Gasteiger partial charge on any atom is -0.379 e. The van der Waals surface area contributed by atoms with Crippen molar-refractivity contribution in [2.24, 2.45) is 17.8 Å². The van der Waals surface area contributed by atoms with E-state index in [0.717, 1.165) is 49.9 Å². The van der Waals surface area contributed by atoms with Gasteiger partial charge in [0.1, 0.15) is 6.10 Å². The topological polar surface area (TPSA) is 68.8 Å². The van der Waals surface area contributed by atoms with E-state index in [4.69, 9.17) is 14.2 Å². The molecule has 0 aromatic rings. The second kappa shape index (κ2) is 10.3. The van der Waals surface area contributed by atoms with Crippen molar-refractivity contribution in [1.82, 2.24) is 10.6 Å². The molecule has 6 nitrogen and oxygen atoms in total. The summed E-state index contributed by atoms with van der Waals surface area (Å²) in [6.45, 7) is 8.35. The highest BCUT2D eigenvalue weighted by molar-refractivity contribution is 5.75. The lowest BCUT2D eigenvalue weighted by Crippen LogP contribution is -2.63. The van der Waals surface area contributed by atoms with Crippen LogP contribution in [0.25, 0.3) is 0 Å². The first kappa shape index (κ1) is 21.8. The van der Waals surface area contributed by atoms with Crippen molar-refractivity contribution in [1.29, 1.82) is 0 Å². The first-order chi connectivity index (χ1) is 13.6. The van der Waals surface area contributed by atoms with Gasteiger partial charge in [-0.05, 0) is 76.5 Å². The van der Waals surface area contributed by atoms with Gasteiger partial charge in [0.15, 0.2) is 6.23 Å². The van der Waals surface area contributed by atoms with Gasteiger partial charge in [0, 0.05) is 18.8 Å². The minimum atomic E-state index is -0.430. The number of ether oxygens (including phenoxy) is 3. The molecule has 0 aliphatic heterocycles. The Bertz CT molecular complexity index is 464. The zero-order valence-electron chi connectivity index (χ0n) is 18.0. The molecule has 0 heterocycles. The van der Waals surface area contributed by atoms with Crippen LogP contribution in [0, 0.1) is 17.8 Å². The van der Waals surface area contributed by atoms with Crippen LogP contribution in [0.5, 0.6) is 0 Å². The zero-order chi connectivity index (χ0) is 20.0. The number of hydrogen-bond donors (Lipinski definition) is 2. The maximum absolute atomic E-state index is 12.9. The molecule has 4 bridgehead atoms. The van der Waals surface area contributed by atoms with E-state index in [1.807, 2.05) is 13.8 Å². The molecule has 0 radical (unpaired) electrons. The Labute approximate surface area is 170 Å². The normalized spacial score (nSPS) is 32.9. The van der Waals surface area contributed by atoms with Crippen LogP contribution in [0.3, 0.4) is 0 Å². The van der Waals surface area contributed by atoms with Gasteiger partial charge in [-0.15, -0.1) is 0 Å². The summed E-state index contributed by atoms with van der Waals surface area (Å²) < 4.78 is 17.2. The molecule has 6 heteroatoms. The molecule has 4 fully saturated rings. The van der Waals surface area contributed by atoms with E-state index in [1.165, 1.54) is 19.3 Å². The zero-order valence-corrected chi connectivity index (χ0v) is 18.0. The molecular formula is C22H40N2O4.